The highest BCUT2D eigenvalue weighted by atomic mass is 31.2. The third-order valence-corrected chi connectivity index (χ3v) is 17.2. The van der Waals surface area contributed by atoms with Gasteiger partial charge in [0.25, 0.3) is 7.82 Å². The fraction of sp³-hybridized carbons (Fsp3) is 0.816. The molecule has 0 aromatic rings. The van der Waals surface area contributed by atoms with Crippen LogP contribution < -0.4 is 4.89 Å². The van der Waals surface area contributed by atoms with E-state index in [1.807, 2.05) is 21.1 Å². The number of phosphoric acid groups is 1. The van der Waals surface area contributed by atoms with Crippen LogP contribution in [0.5, 0.6) is 0 Å². The summed E-state index contributed by atoms with van der Waals surface area (Å²) < 4.78 is 34.3. The fourth-order valence-electron chi connectivity index (χ4n) is 10.6. The van der Waals surface area contributed by atoms with E-state index in [9.17, 15) is 19.0 Å². The minimum atomic E-state index is -4.65. The van der Waals surface area contributed by atoms with Crippen molar-refractivity contribution in [2.45, 2.75) is 354 Å². The largest absolute Gasteiger partial charge is 0.756 e. The van der Waals surface area contributed by atoms with Crippen LogP contribution in [0.25, 0.3) is 0 Å². The number of rotatable bonds is 68. The number of hydrogen-bond donors (Lipinski definition) is 0. The maximum Gasteiger partial charge on any atom is 0.306 e. The molecule has 0 saturated heterocycles. The van der Waals surface area contributed by atoms with Crippen LogP contribution in [-0.2, 0) is 32.7 Å². The molecule has 0 aromatic carbocycles. The van der Waals surface area contributed by atoms with E-state index < -0.39 is 32.5 Å². The first-order valence-electron chi connectivity index (χ1n) is 36.6. The van der Waals surface area contributed by atoms with Crippen molar-refractivity contribution in [3.63, 3.8) is 0 Å². The van der Waals surface area contributed by atoms with Crippen molar-refractivity contribution < 1.29 is 42.1 Å². The van der Waals surface area contributed by atoms with Gasteiger partial charge in [-0.2, -0.15) is 0 Å². The number of ether oxygens (including phenoxy) is 2. The van der Waals surface area contributed by atoms with E-state index in [1.165, 1.54) is 238 Å². The molecule has 0 amide bonds. The van der Waals surface area contributed by atoms with Gasteiger partial charge < -0.3 is 27.9 Å². The third kappa shape index (κ3) is 70.5. The Labute approximate surface area is 533 Å². The van der Waals surface area contributed by atoms with Gasteiger partial charge in [0.05, 0.1) is 27.7 Å². The van der Waals surface area contributed by atoms with E-state index >= 15 is 0 Å². The highest BCUT2D eigenvalue weighted by molar-refractivity contribution is 7.45. The maximum atomic E-state index is 12.9. The number of quaternary nitrogens is 1. The topological polar surface area (TPSA) is 111 Å². The summed E-state index contributed by atoms with van der Waals surface area (Å²) in [7, 11) is 1.17. The second-order valence-corrected chi connectivity index (χ2v) is 27.4. The van der Waals surface area contributed by atoms with Crippen molar-refractivity contribution in [2.75, 3.05) is 47.5 Å². The Morgan fingerprint density at radius 2 is 0.628 bits per heavy atom. The lowest BCUT2D eigenvalue weighted by atomic mass is 10.0. The van der Waals surface area contributed by atoms with Crippen molar-refractivity contribution in [1.82, 2.24) is 0 Å². The van der Waals surface area contributed by atoms with Crippen LogP contribution in [0.1, 0.15) is 348 Å². The fourth-order valence-corrected chi connectivity index (χ4v) is 11.3. The highest BCUT2D eigenvalue weighted by Gasteiger charge is 2.22. The molecule has 0 saturated carbocycles. The van der Waals surface area contributed by atoms with Gasteiger partial charge in [-0.25, -0.2) is 0 Å². The van der Waals surface area contributed by atoms with Gasteiger partial charge in [-0.1, -0.05) is 318 Å². The molecule has 2 unspecified atom stereocenters. The summed E-state index contributed by atoms with van der Waals surface area (Å²) in [6, 6.07) is 0. The first kappa shape index (κ1) is 83.5. The maximum absolute atomic E-state index is 12.9. The van der Waals surface area contributed by atoms with Crippen LogP contribution >= 0.6 is 7.82 Å². The molecule has 0 spiro atoms. The zero-order valence-corrected chi connectivity index (χ0v) is 58.2. The summed E-state index contributed by atoms with van der Waals surface area (Å²) in [5, 5.41) is 0. The van der Waals surface area contributed by atoms with E-state index in [2.05, 4.69) is 86.8 Å². The number of carbonyl (C=O) groups excluding carboxylic acids is 2. The van der Waals surface area contributed by atoms with Gasteiger partial charge in [0, 0.05) is 12.8 Å². The summed E-state index contributed by atoms with van der Waals surface area (Å²) in [6.45, 7) is 4.24. The molecular formula is C76H140NO8P. The monoisotopic (exact) mass is 1230 g/mol. The zero-order valence-electron chi connectivity index (χ0n) is 57.3. The standard InChI is InChI=1S/C76H140NO8P/c1-6-8-10-12-14-16-18-20-22-24-26-28-29-30-31-32-33-34-35-36-37-38-39-40-41-42-43-44-45-46-47-49-51-53-55-57-59-61-63-65-67-69-76(79)85-74(73-84-86(80,81)83-71-70-77(3,4)5)72-82-75(78)68-66-64-62-60-58-56-54-52-50-48-27-25-23-21-19-17-15-13-11-9-7-2/h18-21,24-27,29-30,50,52,74H,6-17,22-23,28,31-49,51,53-73H2,1-5H3/b20-18-,21-19-,26-24-,27-25-,30-29-,52-50-. The summed E-state index contributed by atoms with van der Waals surface area (Å²) >= 11 is 0. The molecule has 0 heterocycles. The quantitative estimate of drug-likeness (QED) is 0.0195. The first-order chi connectivity index (χ1) is 42.0. The summed E-state index contributed by atoms with van der Waals surface area (Å²) in [4.78, 5) is 38.0. The summed E-state index contributed by atoms with van der Waals surface area (Å²) in [5.41, 5.74) is 0. The first-order valence-corrected chi connectivity index (χ1v) is 38.1. The Morgan fingerprint density at radius 3 is 0.930 bits per heavy atom. The molecule has 2 atom stereocenters. The Balaban J connectivity index is 3.93. The molecule has 0 aliphatic heterocycles. The Bertz CT molecular complexity index is 1680. The number of likely N-dealkylation sites (N-methyl/N-ethyl adjacent to an activating group) is 1. The number of unbranched alkanes of at least 4 members (excludes halogenated alkanes) is 42. The van der Waals surface area contributed by atoms with Gasteiger partial charge in [-0.15, -0.1) is 0 Å². The number of esters is 2. The zero-order chi connectivity index (χ0) is 62.6. The van der Waals surface area contributed by atoms with Crippen molar-refractivity contribution in [3.8, 4) is 0 Å². The molecule has 502 valence electrons. The van der Waals surface area contributed by atoms with E-state index in [0.29, 0.717) is 23.9 Å². The lowest BCUT2D eigenvalue weighted by Crippen LogP contribution is -2.37. The Kier molecular flexibility index (Phi) is 64.9. The van der Waals surface area contributed by atoms with Crippen molar-refractivity contribution in [3.05, 3.63) is 72.9 Å². The van der Waals surface area contributed by atoms with Gasteiger partial charge >= 0.3 is 11.9 Å². The molecule has 86 heavy (non-hydrogen) atoms. The normalized spacial score (nSPS) is 13.5. The van der Waals surface area contributed by atoms with Crippen LogP contribution in [0.3, 0.4) is 0 Å². The van der Waals surface area contributed by atoms with Crippen molar-refractivity contribution in [2.24, 2.45) is 0 Å². The smallest absolute Gasteiger partial charge is 0.306 e. The molecule has 0 radical (unpaired) electrons. The Morgan fingerprint density at radius 1 is 0.360 bits per heavy atom. The second kappa shape index (κ2) is 66.9. The summed E-state index contributed by atoms with van der Waals surface area (Å²) in [6.07, 6.45) is 90.1. The molecule has 10 heteroatoms. The minimum Gasteiger partial charge on any atom is -0.756 e. The lowest BCUT2D eigenvalue weighted by molar-refractivity contribution is -0.870. The van der Waals surface area contributed by atoms with Gasteiger partial charge in [-0.05, 0) is 89.9 Å². The molecular weight excluding hydrogens is 1090 g/mol. The number of nitrogens with zero attached hydrogens (tertiary/aromatic N) is 1. The molecule has 0 aliphatic carbocycles. The van der Waals surface area contributed by atoms with Gasteiger partial charge in [0.15, 0.2) is 6.10 Å². The average molecular weight is 1230 g/mol. The molecule has 9 nitrogen and oxygen atoms in total. The molecule has 0 aromatic heterocycles. The predicted octanol–water partition coefficient (Wildman–Crippen LogP) is 23.3. The molecule has 0 rings (SSSR count). The second-order valence-electron chi connectivity index (χ2n) is 26.0. The van der Waals surface area contributed by atoms with Gasteiger partial charge in [-0.3, -0.25) is 14.2 Å². The number of allylic oxidation sites excluding steroid dienone is 12. The third-order valence-electron chi connectivity index (χ3n) is 16.2. The van der Waals surface area contributed by atoms with E-state index in [4.69, 9.17) is 18.5 Å². The number of phosphoric ester groups is 1. The van der Waals surface area contributed by atoms with Gasteiger partial charge in [0.2, 0.25) is 0 Å². The molecule has 0 N–H and O–H groups in total. The highest BCUT2D eigenvalue weighted by Crippen LogP contribution is 2.38. The SMILES string of the molecule is CCCCCCC/C=C\C/C=C\C/C=C\CCCCCCCCCCCCCCCCCCCCCCCCCCCCC(=O)OC(COC(=O)CCCCCCCC/C=C\C/C=C\C/C=C\CCCCCCC)COP(=O)([O-])OCC[N+](C)(C)C. The molecule has 0 fully saturated rings. The predicted molar refractivity (Wildman–Crippen MR) is 370 cm³/mol. The molecule has 0 aliphatic rings. The van der Waals surface area contributed by atoms with Crippen molar-refractivity contribution in [1.29, 1.82) is 0 Å². The van der Waals surface area contributed by atoms with E-state index in [-0.39, 0.29) is 26.1 Å². The summed E-state index contributed by atoms with van der Waals surface area (Å²) in [5.74, 6) is -0.835. The van der Waals surface area contributed by atoms with Crippen LogP contribution in [0.4, 0.5) is 0 Å². The van der Waals surface area contributed by atoms with Gasteiger partial charge in [0.1, 0.15) is 19.8 Å². The number of hydrogen-bond acceptors (Lipinski definition) is 8. The van der Waals surface area contributed by atoms with Crippen LogP contribution in [-0.4, -0.2) is 70.0 Å². The average Bonchev–Trinajstić information content (AvgIpc) is 3.70. The van der Waals surface area contributed by atoms with Crippen LogP contribution in [0.2, 0.25) is 0 Å². The van der Waals surface area contributed by atoms with E-state index in [1.54, 1.807) is 0 Å². The van der Waals surface area contributed by atoms with Crippen molar-refractivity contribution >= 4 is 19.8 Å². The number of carbonyl (C=O) groups is 2. The van der Waals surface area contributed by atoms with E-state index in [0.717, 1.165) is 70.6 Å². The van der Waals surface area contributed by atoms with Crippen LogP contribution in [0.15, 0.2) is 72.9 Å². The Hall–Kier alpha value is -2.55. The van der Waals surface area contributed by atoms with Crippen LogP contribution in [0, 0.1) is 0 Å². The minimum absolute atomic E-state index is 0.0334. The lowest BCUT2D eigenvalue weighted by Gasteiger charge is -2.28. The molecule has 0 bridgehead atoms.